The SMILES string of the molecule is Cc1ccc(NC(=O)Cc2noc3ccccc23)cc1S(=O)(=O)N1CCCCCC1. The van der Waals surface area contributed by atoms with Crippen molar-refractivity contribution in [2.45, 2.75) is 43.9 Å². The Bertz CT molecular complexity index is 1160. The number of para-hydroxylation sites is 1. The van der Waals surface area contributed by atoms with Crippen LogP contribution in [0.15, 0.2) is 51.9 Å². The molecule has 0 saturated carbocycles. The van der Waals surface area contributed by atoms with Gasteiger partial charge in [0.1, 0.15) is 5.69 Å². The molecule has 2 aromatic carbocycles. The summed E-state index contributed by atoms with van der Waals surface area (Å²) in [4.78, 5) is 12.8. The minimum atomic E-state index is -3.60. The monoisotopic (exact) mass is 427 g/mol. The molecule has 1 saturated heterocycles. The second kappa shape index (κ2) is 8.57. The third-order valence-corrected chi connectivity index (χ3v) is 7.48. The summed E-state index contributed by atoms with van der Waals surface area (Å²) in [6.07, 6.45) is 3.90. The molecular formula is C22H25N3O4S. The minimum absolute atomic E-state index is 0.0408. The quantitative estimate of drug-likeness (QED) is 0.667. The van der Waals surface area contributed by atoms with Crippen molar-refractivity contribution in [3.63, 3.8) is 0 Å². The number of amides is 1. The van der Waals surface area contributed by atoms with E-state index in [2.05, 4.69) is 10.5 Å². The van der Waals surface area contributed by atoms with Gasteiger partial charge in [-0.3, -0.25) is 4.79 Å². The van der Waals surface area contributed by atoms with E-state index < -0.39 is 10.0 Å². The largest absolute Gasteiger partial charge is 0.356 e. The molecular weight excluding hydrogens is 402 g/mol. The third-order valence-electron chi connectivity index (χ3n) is 5.43. The molecule has 1 fully saturated rings. The van der Waals surface area contributed by atoms with Crippen LogP contribution in [-0.2, 0) is 21.2 Å². The van der Waals surface area contributed by atoms with Crippen LogP contribution in [0, 0.1) is 6.92 Å². The van der Waals surface area contributed by atoms with E-state index in [9.17, 15) is 13.2 Å². The van der Waals surface area contributed by atoms with Crippen LogP contribution in [0.1, 0.15) is 36.9 Å². The molecule has 7 nitrogen and oxygen atoms in total. The van der Waals surface area contributed by atoms with Crippen molar-refractivity contribution in [2.24, 2.45) is 0 Å². The van der Waals surface area contributed by atoms with Gasteiger partial charge in [-0.25, -0.2) is 8.42 Å². The zero-order valence-corrected chi connectivity index (χ0v) is 17.7. The van der Waals surface area contributed by atoms with Gasteiger partial charge in [-0.15, -0.1) is 0 Å². The summed E-state index contributed by atoms with van der Waals surface area (Å²) in [6.45, 7) is 2.85. The summed E-state index contributed by atoms with van der Waals surface area (Å²) in [7, 11) is -3.60. The molecule has 0 atom stereocenters. The number of benzene rings is 2. The first-order chi connectivity index (χ1) is 14.4. The number of nitrogens with zero attached hydrogens (tertiary/aromatic N) is 2. The van der Waals surface area contributed by atoms with Gasteiger partial charge < -0.3 is 9.84 Å². The Morgan fingerprint density at radius 1 is 1.10 bits per heavy atom. The van der Waals surface area contributed by atoms with Crippen molar-refractivity contribution in [3.05, 3.63) is 53.7 Å². The molecule has 3 aromatic rings. The number of anilines is 1. The van der Waals surface area contributed by atoms with Crippen molar-refractivity contribution < 1.29 is 17.7 Å². The predicted molar refractivity (Wildman–Crippen MR) is 115 cm³/mol. The van der Waals surface area contributed by atoms with Crippen LogP contribution in [0.5, 0.6) is 0 Å². The number of nitrogens with one attached hydrogen (secondary N) is 1. The fourth-order valence-electron chi connectivity index (χ4n) is 3.80. The molecule has 2 heterocycles. The lowest BCUT2D eigenvalue weighted by molar-refractivity contribution is -0.115. The molecule has 158 valence electrons. The molecule has 0 unspecified atom stereocenters. The predicted octanol–water partition coefficient (Wildman–Crippen LogP) is 3.88. The Kier molecular flexibility index (Phi) is 5.87. The fraction of sp³-hybridized carbons (Fsp3) is 0.364. The zero-order chi connectivity index (χ0) is 21.1. The standard InChI is InChI=1S/C22H25N3O4S/c1-16-10-11-17(14-21(16)30(27,28)25-12-6-2-3-7-13-25)23-22(26)15-19-18-8-4-5-9-20(18)29-24-19/h4-5,8-11,14H,2-3,6-7,12-13,15H2,1H3,(H,23,26). The maximum Gasteiger partial charge on any atom is 0.243 e. The molecule has 1 amide bonds. The van der Waals surface area contributed by atoms with Gasteiger partial charge >= 0.3 is 0 Å². The average molecular weight is 428 g/mol. The number of aromatic nitrogens is 1. The van der Waals surface area contributed by atoms with Crippen LogP contribution in [0.3, 0.4) is 0 Å². The lowest BCUT2D eigenvalue weighted by Gasteiger charge is -2.21. The number of aryl methyl sites for hydroxylation is 1. The number of hydrogen-bond acceptors (Lipinski definition) is 5. The topological polar surface area (TPSA) is 92.5 Å². The van der Waals surface area contributed by atoms with Crippen LogP contribution in [-0.4, -0.2) is 36.9 Å². The molecule has 8 heteroatoms. The first-order valence-electron chi connectivity index (χ1n) is 10.2. The lowest BCUT2D eigenvalue weighted by Crippen LogP contribution is -2.32. The zero-order valence-electron chi connectivity index (χ0n) is 16.9. The molecule has 1 aromatic heterocycles. The number of sulfonamides is 1. The molecule has 1 N–H and O–H groups in total. The van der Waals surface area contributed by atoms with Gasteiger partial charge in [0.15, 0.2) is 5.58 Å². The summed E-state index contributed by atoms with van der Waals surface area (Å²) >= 11 is 0. The molecule has 0 aliphatic carbocycles. The van der Waals surface area contributed by atoms with Crippen LogP contribution in [0.2, 0.25) is 0 Å². The Morgan fingerprint density at radius 3 is 2.60 bits per heavy atom. The van der Waals surface area contributed by atoms with Crippen molar-refractivity contribution in [2.75, 3.05) is 18.4 Å². The van der Waals surface area contributed by atoms with E-state index in [1.54, 1.807) is 35.5 Å². The second-order valence-electron chi connectivity index (χ2n) is 7.65. The number of carbonyl (C=O) groups excluding carboxylic acids is 1. The van der Waals surface area contributed by atoms with Gasteiger partial charge in [0.05, 0.1) is 11.3 Å². The number of rotatable bonds is 5. The summed E-state index contributed by atoms with van der Waals surface area (Å²) < 4.78 is 33.2. The second-order valence-corrected chi connectivity index (χ2v) is 9.56. The van der Waals surface area contributed by atoms with Crippen molar-refractivity contribution in [1.29, 1.82) is 0 Å². The minimum Gasteiger partial charge on any atom is -0.356 e. The fourth-order valence-corrected chi connectivity index (χ4v) is 5.57. The van der Waals surface area contributed by atoms with E-state index in [0.717, 1.165) is 31.1 Å². The summed E-state index contributed by atoms with van der Waals surface area (Å²) in [6, 6.07) is 12.3. The van der Waals surface area contributed by atoms with Gasteiger partial charge in [-0.2, -0.15) is 4.31 Å². The van der Waals surface area contributed by atoms with Crippen LogP contribution in [0.25, 0.3) is 11.0 Å². The summed E-state index contributed by atoms with van der Waals surface area (Å²) in [5.41, 5.74) is 2.29. The Hall–Kier alpha value is -2.71. The Labute approximate surface area is 176 Å². The van der Waals surface area contributed by atoms with Crippen molar-refractivity contribution >= 4 is 32.6 Å². The summed E-state index contributed by atoms with van der Waals surface area (Å²) in [5, 5.41) is 7.57. The van der Waals surface area contributed by atoms with Gasteiger partial charge in [0.2, 0.25) is 15.9 Å². The highest BCUT2D eigenvalue weighted by molar-refractivity contribution is 7.89. The highest BCUT2D eigenvalue weighted by Crippen LogP contribution is 2.26. The smallest absolute Gasteiger partial charge is 0.243 e. The molecule has 0 radical (unpaired) electrons. The van der Waals surface area contributed by atoms with Gasteiger partial charge in [-0.05, 0) is 49.6 Å². The van der Waals surface area contributed by atoms with Gasteiger partial charge in [0.25, 0.3) is 0 Å². The van der Waals surface area contributed by atoms with E-state index in [1.807, 2.05) is 18.2 Å². The summed E-state index contributed by atoms with van der Waals surface area (Å²) in [5.74, 6) is -0.281. The molecule has 30 heavy (non-hydrogen) atoms. The maximum absolute atomic E-state index is 13.2. The highest BCUT2D eigenvalue weighted by atomic mass is 32.2. The van der Waals surface area contributed by atoms with Crippen molar-refractivity contribution in [1.82, 2.24) is 9.46 Å². The van der Waals surface area contributed by atoms with Crippen LogP contribution < -0.4 is 5.32 Å². The number of fused-ring (bicyclic) bond motifs is 1. The van der Waals surface area contributed by atoms with Crippen LogP contribution in [0.4, 0.5) is 5.69 Å². The molecule has 0 spiro atoms. The van der Waals surface area contributed by atoms with E-state index in [0.29, 0.717) is 35.6 Å². The lowest BCUT2D eigenvalue weighted by atomic mass is 10.1. The Morgan fingerprint density at radius 2 is 1.83 bits per heavy atom. The van der Waals surface area contributed by atoms with E-state index in [-0.39, 0.29) is 17.2 Å². The van der Waals surface area contributed by atoms with Gasteiger partial charge in [0, 0.05) is 24.2 Å². The maximum atomic E-state index is 13.2. The third kappa shape index (κ3) is 4.24. The first-order valence-corrected chi connectivity index (χ1v) is 11.6. The molecule has 4 rings (SSSR count). The van der Waals surface area contributed by atoms with E-state index in [4.69, 9.17) is 4.52 Å². The molecule has 0 bridgehead atoms. The number of carbonyl (C=O) groups is 1. The Balaban J connectivity index is 1.53. The van der Waals surface area contributed by atoms with Crippen molar-refractivity contribution in [3.8, 4) is 0 Å². The van der Waals surface area contributed by atoms with E-state index >= 15 is 0 Å². The molecule has 1 aliphatic heterocycles. The number of hydrogen-bond donors (Lipinski definition) is 1. The van der Waals surface area contributed by atoms with E-state index in [1.165, 1.54) is 0 Å². The normalized spacial score (nSPS) is 15.8. The van der Waals surface area contributed by atoms with Gasteiger partial charge in [-0.1, -0.05) is 36.2 Å². The average Bonchev–Trinajstić information content (AvgIpc) is 2.93. The van der Waals surface area contributed by atoms with Crippen LogP contribution >= 0.6 is 0 Å². The molecule has 1 aliphatic rings. The first kappa shape index (κ1) is 20.6. The highest BCUT2D eigenvalue weighted by Gasteiger charge is 2.27.